The summed E-state index contributed by atoms with van der Waals surface area (Å²) in [6.07, 6.45) is 1.62. The van der Waals surface area contributed by atoms with Crippen molar-refractivity contribution in [3.05, 3.63) is 104 Å². The SMILES string of the molecule is Cc1ccc(NC(=O)c2cc3cccnc3n(Cc3ccc(Cl)cc3)c2=O)cc1Cl. The molecule has 4 rings (SSSR count). The smallest absolute Gasteiger partial charge is 0.265 e. The number of benzene rings is 2. The van der Waals surface area contributed by atoms with E-state index in [0.717, 1.165) is 11.1 Å². The van der Waals surface area contributed by atoms with Crippen LogP contribution >= 0.6 is 23.2 Å². The number of hydrogen-bond acceptors (Lipinski definition) is 3. The van der Waals surface area contributed by atoms with Crippen LogP contribution < -0.4 is 10.9 Å². The Morgan fingerprint density at radius 2 is 1.83 bits per heavy atom. The van der Waals surface area contributed by atoms with Crippen LogP contribution in [0.15, 0.2) is 71.7 Å². The summed E-state index contributed by atoms with van der Waals surface area (Å²) in [5.74, 6) is -0.504. The van der Waals surface area contributed by atoms with E-state index in [9.17, 15) is 9.59 Å². The van der Waals surface area contributed by atoms with Gasteiger partial charge in [-0.1, -0.05) is 41.4 Å². The molecule has 0 fully saturated rings. The van der Waals surface area contributed by atoms with Gasteiger partial charge in [0.15, 0.2) is 0 Å². The predicted octanol–water partition coefficient (Wildman–Crippen LogP) is 5.31. The molecule has 2 aromatic carbocycles. The number of carbonyl (C=O) groups is 1. The molecule has 1 amide bonds. The van der Waals surface area contributed by atoms with Gasteiger partial charge in [0.25, 0.3) is 11.5 Å². The molecule has 0 radical (unpaired) electrons. The van der Waals surface area contributed by atoms with E-state index in [1.54, 1.807) is 48.7 Å². The average Bonchev–Trinajstić information content (AvgIpc) is 2.74. The van der Waals surface area contributed by atoms with Crippen molar-refractivity contribution in [3.63, 3.8) is 0 Å². The van der Waals surface area contributed by atoms with Crippen LogP contribution in [0.2, 0.25) is 10.0 Å². The topological polar surface area (TPSA) is 64.0 Å². The van der Waals surface area contributed by atoms with Gasteiger partial charge in [-0.25, -0.2) is 4.98 Å². The largest absolute Gasteiger partial charge is 0.322 e. The number of aryl methyl sites for hydroxylation is 1. The Bertz CT molecular complexity index is 1310. The number of hydrogen-bond donors (Lipinski definition) is 1. The van der Waals surface area contributed by atoms with Crippen LogP contribution in [0, 0.1) is 6.92 Å². The maximum Gasteiger partial charge on any atom is 0.265 e. The quantitative estimate of drug-likeness (QED) is 0.470. The first kappa shape index (κ1) is 20.1. The van der Waals surface area contributed by atoms with Crippen molar-refractivity contribution in [1.82, 2.24) is 9.55 Å². The third kappa shape index (κ3) is 4.08. The van der Waals surface area contributed by atoms with Crippen molar-refractivity contribution in [2.24, 2.45) is 0 Å². The number of aromatic nitrogens is 2. The monoisotopic (exact) mass is 437 g/mol. The third-order valence-electron chi connectivity index (χ3n) is 4.78. The van der Waals surface area contributed by atoms with Gasteiger partial charge in [0.1, 0.15) is 11.2 Å². The number of anilines is 1. The zero-order chi connectivity index (χ0) is 21.3. The fraction of sp³-hybridized carbons (Fsp3) is 0.0870. The number of amides is 1. The molecule has 7 heteroatoms. The predicted molar refractivity (Wildman–Crippen MR) is 121 cm³/mol. The molecule has 0 aliphatic carbocycles. The fourth-order valence-electron chi connectivity index (χ4n) is 3.16. The molecular weight excluding hydrogens is 421 g/mol. The molecule has 2 aromatic heterocycles. The van der Waals surface area contributed by atoms with Gasteiger partial charge in [-0.3, -0.25) is 14.2 Å². The molecule has 0 saturated heterocycles. The van der Waals surface area contributed by atoms with Crippen LogP contribution in [0.25, 0.3) is 11.0 Å². The normalized spacial score (nSPS) is 10.9. The van der Waals surface area contributed by atoms with Crippen molar-refractivity contribution in [1.29, 1.82) is 0 Å². The lowest BCUT2D eigenvalue weighted by Crippen LogP contribution is -2.30. The molecule has 0 bridgehead atoms. The van der Waals surface area contributed by atoms with Crippen molar-refractivity contribution >= 4 is 45.8 Å². The van der Waals surface area contributed by atoms with Crippen LogP contribution in [0.5, 0.6) is 0 Å². The Kier molecular flexibility index (Phi) is 5.57. The lowest BCUT2D eigenvalue weighted by atomic mass is 10.1. The minimum atomic E-state index is -0.504. The number of nitrogens with one attached hydrogen (secondary N) is 1. The minimum absolute atomic E-state index is 0.0289. The molecular formula is C23H17Cl2N3O2. The van der Waals surface area contributed by atoms with Gasteiger partial charge in [0.2, 0.25) is 0 Å². The van der Waals surface area contributed by atoms with E-state index in [1.807, 2.05) is 25.1 Å². The highest BCUT2D eigenvalue weighted by Gasteiger charge is 2.17. The summed E-state index contributed by atoms with van der Waals surface area (Å²) in [6.45, 7) is 2.14. The third-order valence-corrected chi connectivity index (χ3v) is 5.44. The van der Waals surface area contributed by atoms with Crippen LogP contribution in [0.4, 0.5) is 5.69 Å². The highest BCUT2D eigenvalue weighted by molar-refractivity contribution is 6.31. The number of nitrogens with zero attached hydrogens (tertiary/aromatic N) is 2. The Labute approximate surface area is 182 Å². The summed E-state index contributed by atoms with van der Waals surface area (Å²) < 4.78 is 1.50. The second-order valence-corrected chi connectivity index (χ2v) is 7.75. The van der Waals surface area contributed by atoms with Crippen LogP contribution in [-0.4, -0.2) is 15.5 Å². The number of pyridine rings is 2. The summed E-state index contributed by atoms with van der Waals surface area (Å²) in [4.78, 5) is 30.5. The van der Waals surface area contributed by atoms with Crippen LogP contribution in [0.3, 0.4) is 0 Å². The Hall–Kier alpha value is -3.15. The van der Waals surface area contributed by atoms with E-state index >= 15 is 0 Å². The molecule has 4 aromatic rings. The Morgan fingerprint density at radius 1 is 1.07 bits per heavy atom. The zero-order valence-corrected chi connectivity index (χ0v) is 17.5. The molecule has 2 heterocycles. The van der Waals surface area contributed by atoms with Crippen molar-refractivity contribution < 1.29 is 4.79 Å². The number of fused-ring (bicyclic) bond motifs is 1. The molecule has 1 N–H and O–H groups in total. The molecule has 0 aliphatic heterocycles. The minimum Gasteiger partial charge on any atom is -0.322 e. The maximum absolute atomic E-state index is 13.2. The number of halogens is 2. The van der Waals surface area contributed by atoms with Gasteiger partial charge in [-0.15, -0.1) is 0 Å². The lowest BCUT2D eigenvalue weighted by molar-refractivity contribution is 0.102. The van der Waals surface area contributed by atoms with E-state index in [-0.39, 0.29) is 12.1 Å². The molecule has 5 nitrogen and oxygen atoms in total. The second kappa shape index (κ2) is 8.30. The summed E-state index contributed by atoms with van der Waals surface area (Å²) in [5, 5.41) is 4.60. The standard InChI is InChI=1S/C23H17Cl2N3O2/c1-14-4-9-18(12-20(14)25)27-22(29)19-11-16-3-2-10-26-21(16)28(23(19)30)13-15-5-7-17(24)8-6-15/h2-12H,13H2,1H3,(H,27,29). The van der Waals surface area contributed by atoms with E-state index in [0.29, 0.717) is 26.8 Å². The molecule has 0 spiro atoms. The van der Waals surface area contributed by atoms with E-state index in [2.05, 4.69) is 10.3 Å². The molecule has 0 aliphatic rings. The molecule has 150 valence electrons. The summed E-state index contributed by atoms with van der Waals surface area (Å²) in [7, 11) is 0. The number of rotatable bonds is 4. The molecule has 0 unspecified atom stereocenters. The van der Waals surface area contributed by atoms with Gasteiger partial charge < -0.3 is 5.32 Å². The van der Waals surface area contributed by atoms with E-state index < -0.39 is 11.5 Å². The maximum atomic E-state index is 13.2. The highest BCUT2D eigenvalue weighted by Crippen LogP contribution is 2.21. The molecule has 0 atom stereocenters. The van der Waals surface area contributed by atoms with Crippen LogP contribution in [0.1, 0.15) is 21.5 Å². The van der Waals surface area contributed by atoms with E-state index in [4.69, 9.17) is 23.2 Å². The highest BCUT2D eigenvalue weighted by atomic mass is 35.5. The van der Waals surface area contributed by atoms with Gasteiger partial charge in [-0.2, -0.15) is 0 Å². The summed E-state index contributed by atoms with van der Waals surface area (Å²) in [5.41, 5.74) is 2.40. The van der Waals surface area contributed by atoms with Gasteiger partial charge in [-0.05, 0) is 60.5 Å². The van der Waals surface area contributed by atoms with Gasteiger partial charge >= 0.3 is 0 Å². The summed E-state index contributed by atoms with van der Waals surface area (Å²) in [6, 6.07) is 17.5. The zero-order valence-electron chi connectivity index (χ0n) is 16.0. The van der Waals surface area contributed by atoms with Crippen LogP contribution in [-0.2, 0) is 6.54 Å². The first-order valence-electron chi connectivity index (χ1n) is 9.23. The fourth-order valence-corrected chi connectivity index (χ4v) is 3.46. The first-order valence-corrected chi connectivity index (χ1v) is 9.98. The summed E-state index contributed by atoms with van der Waals surface area (Å²) >= 11 is 12.1. The number of carbonyl (C=O) groups excluding carboxylic acids is 1. The van der Waals surface area contributed by atoms with Gasteiger partial charge in [0.05, 0.1) is 6.54 Å². The van der Waals surface area contributed by atoms with E-state index in [1.165, 1.54) is 4.57 Å². The lowest BCUT2D eigenvalue weighted by Gasteiger charge is -2.13. The first-order chi connectivity index (χ1) is 14.4. The van der Waals surface area contributed by atoms with Crippen molar-refractivity contribution in [2.45, 2.75) is 13.5 Å². The second-order valence-electron chi connectivity index (χ2n) is 6.91. The average molecular weight is 438 g/mol. The molecule has 30 heavy (non-hydrogen) atoms. The van der Waals surface area contributed by atoms with Gasteiger partial charge in [0, 0.05) is 27.3 Å². The molecule has 0 saturated carbocycles. The van der Waals surface area contributed by atoms with Crippen molar-refractivity contribution in [2.75, 3.05) is 5.32 Å². The Morgan fingerprint density at radius 3 is 2.57 bits per heavy atom. The Balaban J connectivity index is 1.77. The van der Waals surface area contributed by atoms with Crippen molar-refractivity contribution in [3.8, 4) is 0 Å².